The molecule has 1 aliphatic heterocycles. The van der Waals surface area contributed by atoms with Crippen LogP contribution in [-0.2, 0) is 16.1 Å². The molecule has 1 fully saturated rings. The van der Waals surface area contributed by atoms with E-state index in [1.165, 1.54) is 11.1 Å². The zero-order chi connectivity index (χ0) is 16.2. The second-order valence-corrected chi connectivity index (χ2v) is 6.05. The van der Waals surface area contributed by atoms with Crippen LogP contribution in [0, 0.1) is 6.92 Å². The fraction of sp³-hybridized carbons (Fsp3) is 0.500. The highest BCUT2D eigenvalue weighted by molar-refractivity contribution is 5.68. The molecule has 1 atom stereocenters. The number of rotatable bonds is 5. The molecule has 23 heavy (non-hydrogen) atoms. The van der Waals surface area contributed by atoms with Crippen LogP contribution in [0.2, 0.25) is 0 Å². The number of aromatic amines is 1. The van der Waals surface area contributed by atoms with Crippen LogP contribution in [0.15, 0.2) is 24.3 Å². The quantitative estimate of drug-likeness (QED) is 0.922. The van der Waals surface area contributed by atoms with E-state index in [4.69, 9.17) is 9.47 Å². The molecule has 0 amide bonds. The molecule has 124 valence electrons. The van der Waals surface area contributed by atoms with Crippen LogP contribution < -0.4 is 0 Å². The normalized spacial score (nSPS) is 17.3. The summed E-state index contributed by atoms with van der Waals surface area (Å²) in [6.07, 6.45) is 0. The highest BCUT2D eigenvalue weighted by Crippen LogP contribution is 2.29. The lowest BCUT2D eigenvalue weighted by Crippen LogP contribution is -2.37. The summed E-state index contributed by atoms with van der Waals surface area (Å²) >= 11 is 0. The summed E-state index contributed by atoms with van der Waals surface area (Å²) in [4.78, 5) is 2.47. The lowest BCUT2D eigenvalue weighted by molar-refractivity contribution is 0.0198. The van der Waals surface area contributed by atoms with Gasteiger partial charge in [-0.1, -0.05) is 24.3 Å². The monoisotopic (exact) mass is 315 g/mol. The summed E-state index contributed by atoms with van der Waals surface area (Å²) < 4.78 is 10.7. The molecule has 0 radical (unpaired) electrons. The number of nitrogens with one attached hydrogen (secondary N) is 1. The van der Waals surface area contributed by atoms with E-state index in [2.05, 4.69) is 46.3 Å². The van der Waals surface area contributed by atoms with Crippen LogP contribution in [0.25, 0.3) is 11.1 Å². The Balaban J connectivity index is 1.80. The van der Waals surface area contributed by atoms with Crippen molar-refractivity contribution in [3.63, 3.8) is 0 Å². The van der Waals surface area contributed by atoms with Gasteiger partial charge in [0.15, 0.2) is 0 Å². The van der Waals surface area contributed by atoms with Crippen molar-refractivity contribution in [2.45, 2.75) is 26.5 Å². The van der Waals surface area contributed by atoms with Gasteiger partial charge in [0.2, 0.25) is 0 Å². The van der Waals surface area contributed by atoms with E-state index in [1.54, 1.807) is 7.11 Å². The average Bonchev–Trinajstić information content (AvgIpc) is 2.96. The van der Waals surface area contributed by atoms with E-state index in [9.17, 15) is 0 Å². The van der Waals surface area contributed by atoms with Gasteiger partial charge >= 0.3 is 0 Å². The Hall–Kier alpha value is -1.69. The molecule has 0 spiro atoms. The van der Waals surface area contributed by atoms with Crippen LogP contribution in [0.4, 0.5) is 0 Å². The SMILES string of the molecule is COCc1n[nH]c(C)c1-c1ccc(C(C)N2CCOCC2)cc1. The maximum atomic E-state index is 5.44. The smallest absolute Gasteiger partial charge is 0.0960 e. The molecule has 3 rings (SSSR count). The minimum Gasteiger partial charge on any atom is -0.379 e. The standard InChI is InChI=1S/C18H25N3O2/c1-13-18(17(12-22-3)20-19-13)16-6-4-15(5-7-16)14(2)21-8-10-23-11-9-21/h4-7,14H,8-12H2,1-3H3,(H,19,20). The minimum atomic E-state index is 0.414. The molecule has 0 aliphatic carbocycles. The van der Waals surface area contributed by atoms with Crippen LogP contribution >= 0.6 is 0 Å². The van der Waals surface area contributed by atoms with Gasteiger partial charge in [-0.25, -0.2) is 0 Å². The Morgan fingerprint density at radius 2 is 1.96 bits per heavy atom. The van der Waals surface area contributed by atoms with Crippen LogP contribution in [0.5, 0.6) is 0 Å². The number of aromatic nitrogens is 2. The van der Waals surface area contributed by atoms with Gasteiger partial charge in [0.25, 0.3) is 0 Å². The van der Waals surface area contributed by atoms with Crippen LogP contribution in [0.3, 0.4) is 0 Å². The fourth-order valence-corrected chi connectivity index (χ4v) is 3.21. The number of methoxy groups -OCH3 is 1. The van der Waals surface area contributed by atoms with Crippen molar-refractivity contribution in [2.75, 3.05) is 33.4 Å². The Kier molecular flexibility index (Phi) is 5.10. The molecular formula is C18H25N3O2. The third-order valence-corrected chi connectivity index (χ3v) is 4.58. The Morgan fingerprint density at radius 3 is 2.61 bits per heavy atom. The van der Waals surface area contributed by atoms with Crippen molar-refractivity contribution in [1.29, 1.82) is 0 Å². The van der Waals surface area contributed by atoms with Crippen LogP contribution in [-0.4, -0.2) is 48.5 Å². The summed E-state index contributed by atoms with van der Waals surface area (Å²) in [5.41, 5.74) is 5.70. The molecule has 5 heteroatoms. The second-order valence-electron chi connectivity index (χ2n) is 6.05. The van der Waals surface area contributed by atoms with Crippen molar-refractivity contribution in [2.24, 2.45) is 0 Å². The van der Waals surface area contributed by atoms with Gasteiger partial charge in [-0.3, -0.25) is 10.00 Å². The predicted octanol–water partition coefficient (Wildman–Crippen LogP) is 2.92. The van der Waals surface area contributed by atoms with Gasteiger partial charge in [0, 0.05) is 37.5 Å². The first-order valence-corrected chi connectivity index (χ1v) is 8.15. The van der Waals surface area contributed by atoms with Gasteiger partial charge in [-0.15, -0.1) is 0 Å². The number of hydrogen-bond acceptors (Lipinski definition) is 4. The van der Waals surface area contributed by atoms with Gasteiger partial charge < -0.3 is 9.47 Å². The molecule has 0 bridgehead atoms. The molecule has 0 saturated carbocycles. The second kappa shape index (κ2) is 7.25. The van der Waals surface area contributed by atoms with Crippen molar-refractivity contribution in [3.05, 3.63) is 41.2 Å². The van der Waals surface area contributed by atoms with Crippen molar-refractivity contribution >= 4 is 0 Å². The molecule has 1 unspecified atom stereocenters. The minimum absolute atomic E-state index is 0.414. The highest BCUT2D eigenvalue weighted by Gasteiger charge is 2.19. The third kappa shape index (κ3) is 3.47. The number of benzene rings is 1. The summed E-state index contributed by atoms with van der Waals surface area (Å²) in [5.74, 6) is 0. The Labute approximate surface area is 137 Å². The first-order chi connectivity index (χ1) is 11.2. The summed E-state index contributed by atoms with van der Waals surface area (Å²) in [5, 5.41) is 7.40. The Bertz CT molecular complexity index is 630. The fourth-order valence-electron chi connectivity index (χ4n) is 3.21. The van der Waals surface area contributed by atoms with Gasteiger partial charge in [0.05, 0.1) is 25.5 Å². The maximum Gasteiger partial charge on any atom is 0.0960 e. The van der Waals surface area contributed by atoms with E-state index in [1.807, 2.05) is 6.92 Å². The summed E-state index contributed by atoms with van der Waals surface area (Å²) in [7, 11) is 1.70. The first kappa shape index (κ1) is 16.2. The topological polar surface area (TPSA) is 50.4 Å². The zero-order valence-corrected chi connectivity index (χ0v) is 14.1. The lowest BCUT2D eigenvalue weighted by Gasteiger charge is -2.32. The molecule has 1 N–H and O–H groups in total. The molecule has 1 aliphatic rings. The lowest BCUT2D eigenvalue weighted by atomic mass is 9.99. The number of nitrogens with zero attached hydrogens (tertiary/aromatic N) is 2. The molecule has 2 aromatic rings. The van der Waals surface area contributed by atoms with Gasteiger partial charge in [-0.2, -0.15) is 5.10 Å². The predicted molar refractivity (Wildman–Crippen MR) is 90.3 cm³/mol. The Morgan fingerprint density at radius 1 is 1.26 bits per heavy atom. The highest BCUT2D eigenvalue weighted by atomic mass is 16.5. The van der Waals surface area contributed by atoms with E-state index in [-0.39, 0.29) is 0 Å². The summed E-state index contributed by atoms with van der Waals surface area (Å²) in [6, 6.07) is 9.22. The van der Waals surface area contributed by atoms with E-state index in [0.717, 1.165) is 43.3 Å². The summed E-state index contributed by atoms with van der Waals surface area (Å²) in [6.45, 7) is 8.49. The molecule has 2 heterocycles. The third-order valence-electron chi connectivity index (χ3n) is 4.58. The van der Waals surface area contributed by atoms with Gasteiger partial charge in [-0.05, 0) is 25.0 Å². The van der Waals surface area contributed by atoms with Crippen molar-refractivity contribution < 1.29 is 9.47 Å². The van der Waals surface area contributed by atoms with Gasteiger partial charge in [0.1, 0.15) is 0 Å². The van der Waals surface area contributed by atoms with E-state index < -0.39 is 0 Å². The number of hydrogen-bond donors (Lipinski definition) is 1. The number of ether oxygens (including phenoxy) is 2. The molecular weight excluding hydrogens is 290 g/mol. The molecule has 1 aromatic heterocycles. The first-order valence-electron chi connectivity index (χ1n) is 8.15. The van der Waals surface area contributed by atoms with Crippen molar-refractivity contribution in [1.82, 2.24) is 15.1 Å². The van der Waals surface area contributed by atoms with Crippen molar-refractivity contribution in [3.8, 4) is 11.1 Å². The van der Waals surface area contributed by atoms with Crippen LogP contribution in [0.1, 0.15) is 29.9 Å². The average molecular weight is 315 g/mol. The van der Waals surface area contributed by atoms with E-state index >= 15 is 0 Å². The molecule has 1 saturated heterocycles. The molecule has 1 aromatic carbocycles. The van der Waals surface area contributed by atoms with E-state index in [0.29, 0.717) is 12.6 Å². The largest absolute Gasteiger partial charge is 0.379 e. The molecule has 5 nitrogen and oxygen atoms in total. The number of aryl methyl sites for hydroxylation is 1. The zero-order valence-electron chi connectivity index (χ0n) is 14.1. The maximum absolute atomic E-state index is 5.44. The number of H-pyrrole nitrogens is 1. The number of morpholine rings is 1.